The van der Waals surface area contributed by atoms with Crippen molar-refractivity contribution >= 4 is 11.3 Å². The van der Waals surface area contributed by atoms with Gasteiger partial charge in [-0.3, -0.25) is 4.90 Å². The Bertz CT molecular complexity index is 1740. The van der Waals surface area contributed by atoms with Crippen molar-refractivity contribution in [1.29, 1.82) is 5.26 Å². The number of hydrogen-bond acceptors (Lipinski definition) is 8. The van der Waals surface area contributed by atoms with Crippen LogP contribution in [-0.2, 0) is 6.54 Å². The SMILES string of the molecule is CC(C)(O)C#Cc1c(F)cc(CN2CCN(c3ccc(-c4cc(OCC(C)(C)O)cn5ncc(C#N)c45)cn3)CC2)cc1F. The Morgan fingerprint density at radius 1 is 1.00 bits per heavy atom. The molecule has 0 radical (unpaired) electrons. The van der Waals surface area contributed by atoms with Crippen molar-refractivity contribution in [2.45, 2.75) is 45.4 Å². The predicted molar refractivity (Wildman–Crippen MR) is 162 cm³/mol. The van der Waals surface area contributed by atoms with Crippen LogP contribution in [0.2, 0.25) is 0 Å². The molecule has 0 amide bonds. The number of aromatic nitrogens is 3. The number of benzene rings is 1. The lowest BCUT2D eigenvalue weighted by Crippen LogP contribution is -2.46. The molecule has 9 nitrogen and oxygen atoms in total. The first-order valence-corrected chi connectivity index (χ1v) is 14.2. The average molecular weight is 601 g/mol. The van der Waals surface area contributed by atoms with Crippen LogP contribution >= 0.6 is 0 Å². The Balaban J connectivity index is 1.27. The van der Waals surface area contributed by atoms with Crippen molar-refractivity contribution < 1.29 is 23.7 Å². The van der Waals surface area contributed by atoms with E-state index in [4.69, 9.17) is 9.72 Å². The van der Waals surface area contributed by atoms with Crippen molar-refractivity contribution in [3.63, 3.8) is 0 Å². The molecule has 1 aliphatic rings. The number of nitriles is 1. The molecule has 0 atom stereocenters. The van der Waals surface area contributed by atoms with Crippen LogP contribution in [0.4, 0.5) is 14.6 Å². The Kier molecular flexibility index (Phi) is 8.57. The maximum absolute atomic E-state index is 14.6. The van der Waals surface area contributed by atoms with Crippen molar-refractivity contribution in [2.75, 3.05) is 37.7 Å². The molecule has 1 fully saturated rings. The zero-order chi connectivity index (χ0) is 31.6. The summed E-state index contributed by atoms with van der Waals surface area (Å²) >= 11 is 0. The van der Waals surface area contributed by atoms with Crippen LogP contribution in [0.25, 0.3) is 16.6 Å². The largest absolute Gasteiger partial charge is 0.489 e. The van der Waals surface area contributed by atoms with Gasteiger partial charge in [0.2, 0.25) is 0 Å². The molecule has 0 saturated carbocycles. The third-order valence-electron chi connectivity index (χ3n) is 7.06. The molecule has 44 heavy (non-hydrogen) atoms. The third kappa shape index (κ3) is 7.32. The van der Waals surface area contributed by atoms with Crippen LogP contribution in [0.5, 0.6) is 5.75 Å². The third-order valence-corrected chi connectivity index (χ3v) is 7.06. The van der Waals surface area contributed by atoms with Crippen LogP contribution in [0, 0.1) is 34.8 Å². The summed E-state index contributed by atoms with van der Waals surface area (Å²) in [5.41, 5.74) is 0.369. The van der Waals surface area contributed by atoms with E-state index in [0.29, 0.717) is 55.1 Å². The molecule has 228 valence electrons. The molecule has 0 unspecified atom stereocenters. The van der Waals surface area contributed by atoms with E-state index < -0.39 is 22.8 Å². The Morgan fingerprint density at radius 3 is 2.30 bits per heavy atom. The smallest absolute Gasteiger partial charge is 0.142 e. The number of halogens is 2. The van der Waals surface area contributed by atoms with Crippen molar-refractivity contribution in [1.82, 2.24) is 19.5 Å². The van der Waals surface area contributed by atoms with E-state index in [0.717, 1.165) is 16.9 Å². The summed E-state index contributed by atoms with van der Waals surface area (Å²) in [6.45, 7) is 9.40. The summed E-state index contributed by atoms with van der Waals surface area (Å²) in [5.74, 6) is 4.65. The van der Waals surface area contributed by atoms with Crippen LogP contribution < -0.4 is 9.64 Å². The summed E-state index contributed by atoms with van der Waals surface area (Å²) in [6, 6.07) is 10.5. The fraction of sp³-hybridized carbons (Fsp3) is 0.364. The molecule has 0 spiro atoms. The monoisotopic (exact) mass is 600 g/mol. The van der Waals surface area contributed by atoms with Gasteiger partial charge in [0.25, 0.3) is 0 Å². The van der Waals surface area contributed by atoms with Crippen LogP contribution in [0.15, 0.2) is 48.9 Å². The van der Waals surface area contributed by atoms with E-state index in [2.05, 4.69) is 32.8 Å². The number of pyridine rings is 2. The minimum atomic E-state index is -1.35. The summed E-state index contributed by atoms with van der Waals surface area (Å²) in [5, 5.41) is 33.8. The minimum Gasteiger partial charge on any atom is -0.489 e. The van der Waals surface area contributed by atoms with E-state index in [9.17, 15) is 24.3 Å². The van der Waals surface area contributed by atoms with Gasteiger partial charge in [-0.25, -0.2) is 18.3 Å². The van der Waals surface area contributed by atoms with Gasteiger partial charge in [0.05, 0.1) is 34.6 Å². The summed E-state index contributed by atoms with van der Waals surface area (Å²) in [4.78, 5) is 8.97. The van der Waals surface area contributed by atoms with Gasteiger partial charge in [0.1, 0.15) is 41.5 Å². The highest BCUT2D eigenvalue weighted by Gasteiger charge is 2.21. The number of fused-ring (bicyclic) bond motifs is 1. The van der Waals surface area contributed by atoms with Crippen molar-refractivity contribution in [3.8, 4) is 34.8 Å². The Morgan fingerprint density at radius 2 is 1.70 bits per heavy atom. The topological polar surface area (TPSA) is 110 Å². The number of hydrogen-bond donors (Lipinski definition) is 2. The second-order valence-corrected chi connectivity index (χ2v) is 12.1. The van der Waals surface area contributed by atoms with Gasteiger partial charge in [0.15, 0.2) is 0 Å². The molecule has 3 aromatic heterocycles. The number of ether oxygens (including phenoxy) is 1. The summed E-state index contributed by atoms with van der Waals surface area (Å²) in [6.07, 6.45) is 4.93. The predicted octanol–water partition coefficient (Wildman–Crippen LogP) is 4.14. The zero-order valence-corrected chi connectivity index (χ0v) is 25.1. The Hall–Kier alpha value is -4.55. The highest BCUT2D eigenvalue weighted by Crippen LogP contribution is 2.32. The molecule has 1 saturated heterocycles. The van der Waals surface area contributed by atoms with Gasteiger partial charge >= 0.3 is 0 Å². The maximum Gasteiger partial charge on any atom is 0.142 e. The van der Waals surface area contributed by atoms with Crippen molar-refractivity contribution in [2.24, 2.45) is 0 Å². The van der Waals surface area contributed by atoms with Gasteiger partial charge in [-0.05, 0) is 63.6 Å². The van der Waals surface area contributed by atoms with E-state index in [1.165, 1.54) is 32.2 Å². The number of piperazine rings is 1. The van der Waals surface area contributed by atoms with E-state index in [1.54, 1.807) is 30.8 Å². The second kappa shape index (κ2) is 12.2. The number of aliphatic hydroxyl groups is 2. The van der Waals surface area contributed by atoms with Crippen LogP contribution in [0.3, 0.4) is 0 Å². The minimum absolute atomic E-state index is 0.0838. The van der Waals surface area contributed by atoms with Gasteiger partial charge in [-0.2, -0.15) is 10.4 Å². The molecule has 1 aliphatic heterocycles. The first-order valence-electron chi connectivity index (χ1n) is 14.2. The lowest BCUT2D eigenvalue weighted by Gasteiger charge is -2.35. The summed E-state index contributed by atoms with van der Waals surface area (Å²) < 4.78 is 36.6. The first-order chi connectivity index (χ1) is 20.8. The number of rotatable bonds is 7. The summed E-state index contributed by atoms with van der Waals surface area (Å²) in [7, 11) is 0. The number of nitrogens with zero attached hydrogens (tertiary/aromatic N) is 6. The van der Waals surface area contributed by atoms with E-state index in [-0.39, 0.29) is 12.2 Å². The quantitative estimate of drug-likeness (QED) is 0.305. The molecule has 2 N–H and O–H groups in total. The van der Waals surface area contributed by atoms with Gasteiger partial charge in [-0.15, -0.1) is 0 Å². The van der Waals surface area contributed by atoms with E-state index >= 15 is 0 Å². The standard InChI is InChI=1S/C33H34F2N6O3/c1-32(2,42)8-7-26-28(34)13-22(14-29(26)35)19-39-9-11-40(12-10-39)30-6-5-23(17-37-30)27-15-25(44-21-33(3,4)43)20-41-31(27)24(16-36)18-38-41/h5-6,13-15,17-18,20,42-43H,9-12,19,21H2,1-4H3. The second-order valence-electron chi connectivity index (χ2n) is 12.1. The lowest BCUT2D eigenvalue weighted by molar-refractivity contribution is 0.0283. The van der Waals surface area contributed by atoms with E-state index in [1.807, 2.05) is 18.2 Å². The average Bonchev–Trinajstić information content (AvgIpc) is 3.38. The molecule has 1 aromatic carbocycles. The fourth-order valence-electron chi connectivity index (χ4n) is 4.92. The van der Waals surface area contributed by atoms with Gasteiger partial charge in [-0.1, -0.05) is 11.8 Å². The first kappa shape index (κ1) is 30.9. The van der Waals surface area contributed by atoms with Gasteiger partial charge in [0, 0.05) is 50.0 Å². The highest BCUT2D eigenvalue weighted by molar-refractivity contribution is 5.85. The maximum atomic E-state index is 14.6. The highest BCUT2D eigenvalue weighted by atomic mass is 19.1. The molecule has 0 aliphatic carbocycles. The molecule has 0 bridgehead atoms. The van der Waals surface area contributed by atoms with Gasteiger partial charge < -0.3 is 19.8 Å². The van der Waals surface area contributed by atoms with Crippen LogP contribution in [-0.4, -0.2) is 73.7 Å². The molecular weight excluding hydrogens is 566 g/mol. The molecule has 5 rings (SSSR count). The molecule has 4 heterocycles. The lowest BCUT2D eigenvalue weighted by atomic mass is 10.1. The normalized spacial score (nSPS) is 14.3. The zero-order valence-electron chi connectivity index (χ0n) is 25.1. The van der Waals surface area contributed by atoms with Crippen molar-refractivity contribution in [3.05, 3.63) is 77.2 Å². The fourth-order valence-corrected chi connectivity index (χ4v) is 4.92. The Labute approximate surface area is 254 Å². The van der Waals surface area contributed by atoms with Crippen LogP contribution in [0.1, 0.15) is 44.4 Å². The number of anilines is 1. The molecular formula is C33H34F2N6O3. The molecule has 11 heteroatoms. The molecule has 4 aromatic rings.